The van der Waals surface area contributed by atoms with Gasteiger partial charge in [-0.05, 0) is 12.1 Å². The van der Waals surface area contributed by atoms with Crippen LogP contribution in [0.3, 0.4) is 0 Å². The van der Waals surface area contributed by atoms with Crippen LogP contribution < -0.4 is 5.32 Å². The summed E-state index contributed by atoms with van der Waals surface area (Å²) < 4.78 is 1.86. The van der Waals surface area contributed by atoms with Crippen LogP contribution in [0.5, 0.6) is 0 Å². The van der Waals surface area contributed by atoms with Crippen LogP contribution in [0.15, 0.2) is 36.0 Å². The van der Waals surface area contributed by atoms with E-state index in [2.05, 4.69) is 10.3 Å². The molecule has 2 heterocycles. The average Bonchev–Trinajstić information content (AvgIpc) is 3.05. The van der Waals surface area contributed by atoms with E-state index in [1.807, 2.05) is 22.2 Å². The fraction of sp³-hybridized carbons (Fsp3) is 0.0769. The smallest absolute Gasteiger partial charge is 0.288 e. The number of hydrogen-bond donors (Lipinski definition) is 1. The third-order valence-corrected chi connectivity index (χ3v) is 4.07. The zero-order valence-corrected chi connectivity index (χ0v) is 12.6. The first-order valence-corrected chi connectivity index (χ1v) is 7.43. The normalized spacial score (nSPS) is 10.8. The largest absolute Gasteiger partial charge is 0.346 e. The van der Waals surface area contributed by atoms with Crippen LogP contribution in [0.25, 0.3) is 4.96 Å². The number of nitrogens with zero attached hydrogens (tertiary/aromatic N) is 3. The Balaban J connectivity index is 1.73. The van der Waals surface area contributed by atoms with E-state index in [1.54, 1.807) is 0 Å². The molecule has 0 radical (unpaired) electrons. The molecular weight excluding hydrogens is 328 g/mol. The van der Waals surface area contributed by atoms with E-state index in [0.29, 0.717) is 5.69 Å². The lowest BCUT2D eigenvalue weighted by Gasteiger charge is -2.04. The lowest BCUT2D eigenvalue weighted by Crippen LogP contribution is -2.23. The Labute approximate surface area is 133 Å². The van der Waals surface area contributed by atoms with Crippen LogP contribution in [0.1, 0.15) is 16.1 Å². The maximum Gasteiger partial charge on any atom is 0.288 e. The van der Waals surface area contributed by atoms with E-state index >= 15 is 0 Å². The molecule has 3 aromatic rings. The Morgan fingerprint density at radius 3 is 3.05 bits per heavy atom. The minimum atomic E-state index is -0.622. The molecule has 0 saturated carbocycles. The van der Waals surface area contributed by atoms with Gasteiger partial charge in [-0.1, -0.05) is 11.6 Å². The molecule has 0 aliphatic heterocycles. The van der Waals surface area contributed by atoms with Crippen LogP contribution in [0.2, 0.25) is 5.02 Å². The van der Waals surface area contributed by atoms with Gasteiger partial charge in [0.05, 0.1) is 17.2 Å². The number of aromatic nitrogens is 2. The topological polar surface area (TPSA) is 89.5 Å². The Hall–Kier alpha value is -2.45. The minimum Gasteiger partial charge on any atom is -0.346 e. The second-order valence-electron chi connectivity index (χ2n) is 4.43. The summed E-state index contributed by atoms with van der Waals surface area (Å²) in [6.45, 7) is 0.240. The van der Waals surface area contributed by atoms with Crippen molar-refractivity contribution in [3.63, 3.8) is 0 Å². The van der Waals surface area contributed by atoms with Crippen LogP contribution in [0.4, 0.5) is 5.69 Å². The predicted molar refractivity (Wildman–Crippen MR) is 82.3 cm³/mol. The molecule has 0 aliphatic carbocycles. The van der Waals surface area contributed by atoms with E-state index in [0.717, 1.165) is 11.0 Å². The number of nitro benzene ring substituents is 1. The molecule has 2 aromatic heterocycles. The number of fused-ring (bicyclic) bond motifs is 1. The summed E-state index contributed by atoms with van der Waals surface area (Å²) in [5.41, 5.74) is 0.595. The fourth-order valence-electron chi connectivity index (χ4n) is 1.93. The maximum atomic E-state index is 12.0. The Bertz CT molecular complexity index is 845. The SMILES string of the molecule is O=C(NCc1cn2ccsc2n1)c1ccc(Cl)c([N+](=O)[O-])c1. The molecule has 0 atom stereocenters. The molecule has 0 unspecified atom stereocenters. The van der Waals surface area contributed by atoms with Crippen molar-refractivity contribution in [2.75, 3.05) is 0 Å². The molecule has 1 aromatic carbocycles. The lowest BCUT2D eigenvalue weighted by molar-refractivity contribution is -0.384. The molecular formula is C13H9ClN4O3S. The van der Waals surface area contributed by atoms with Gasteiger partial charge in [-0.25, -0.2) is 4.98 Å². The predicted octanol–water partition coefficient (Wildman–Crippen LogP) is 2.89. The fourth-order valence-corrected chi connectivity index (χ4v) is 2.83. The number of benzene rings is 1. The van der Waals surface area contributed by atoms with E-state index < -0.39 is 10.8 Å². The summed E-state index contributed by atoms with van der Waals surface area (Å²) in [4.78, 5) is 27.4. The van der Waals surface area contributed by atoms with Crippen LogP contribution in [-0.4, -0.2) is 20.2 Å². The Morgan fingerprint density at radius 2 is 2.32 bits per heavy atom. The summed E-state index contributed by atoms with van der Waals surface area (Å²) in [7, 11) is 0. The molecule has 1 N–H and O–H groups in total. The number of thiazole rings is 1. The summed E-state index contributed by atoms with van der Waals surface area (Å²) in [5, 5.41) is 15.4. The molecule has 0 fully saturated rings. The van der Waals surface area contributed by atoms with E-state index in [1.165, 1.54) is 23.5 Å². The second kappa shape index (κ2) is 5.74. The standard InChI is InChI=1S/C13H9ClN4O3S/c14-10-2-1-8(5-11(10)18(20)21)12(19)15-6-9-7-17-3-4-22-13(17)16-9/h1-5,7H,6H2,(H,15,19). The monoisotopic (exact) mass is 336 g/mol. The van der Waals surface area contributed by atoms with Crippen molar-refractivity contribution < 1.29 is 9.72 Å². The Morgan fingerprint density at radius 1 is 1.50 bits per heavy atom. The van der Waals surface area contributed by atoms with Gasteiger partial charge in [0.15, 0.2) is 4.96 Å². The third-order valence-electron chi connectivity index (χ3n) is 2.98. The van der Waals surface area contributed by atoms with Gasteiger partial charge >= 0.3 is 0 Å². The number of amides is 1. The van der Waals surface area contributed by atoms with Crippen LogP contribution >= 0.6 is 22.9 Å². The van der Waals surface area contributed by atoms with E-state index in [9.17, 15) is 14.9 Å². The molecule has 1 amide bonds. The Kier molecular flexibility index (Phi) is 3.78. The first-order chi connectivity index (χ1) is 10.5. The zero-order chi connectivity index (χ0) is 15.7. The van der Waals surface area contributed by atoms with Crippen LogP contribution in [-0.2, 0) is 6.54 Å². The number of rotatable bonds is 4. The quantitative estimate of drug-likeness (QED) is 0.586. The molecule has 0 saturated heterocycles. The highest BCUT2D eigenvalue weighted by Crippen LogP contribution is 2.25. The van der Waals surface area contributed by atoms with Crippen molar-refractivity contribution >= 4 is 39.5 Å². The van der Waals surface area contributed by atoms with E-state index in [4.69, 9.17) is 11.6 Å². The van der Waals surface area contributed by atoms with Gasteiger partial charge in [0.1, 0.15) is 5.02 Å². The minimum absolute atomic E-state index is 0.00381. The molecule has 0 spiro atoms. The molecule has 9 heteroatoms. The number of nitro groups is 1. The molecule has 22 heavy (non-hydrogen) atoms. The van der Waals surface area contributed by atoms with Gasteiger partial charge in [-0.2, -0.15) is 0 Å². The number of nitrogens with one attached hydrogen (secondary N) is 1. The molecule has 0 aliphatic rings. The van der Waals surface area contributed by atoms with Gasteiger partial charge in [0, 0.05) is 29.4 Å². The number of carbonyl (C=O) groups is 1. The number of carbonyl (C=O) groups excluding carboxylic acids is 1. The molecule has 3 rings (SSSR count). The lowest BCUT2D eigenvalue weighted by atomic mass is 10.2. The average molecular weight is 337 g/mol. The summed E-state index contributed by atoms with van der Waals surface area (Å²) >= 11 is 7.21. The van der Waals surface area contributed by atoms with Crippen molar-refractivity contribution in [2.24, 2.45) is 0 Å². The molecule has 112 valence electrons. The molecule has 7 nitrogen and oxygen atoms in total. The van der Waals surface area contributed by atoms with Crippen molar-refractivity contribution in [1.29, 1.82) is 0 Å². The summed E-state index contributed by atoms with van der Waals surface area (Å²) in [5.74, 6) is -0.420. The van der Waals surface area contributed by atoms with Gasteiger partial charge in [-0.3, -0.25) is 19.3 Å². The number of hydrogen-bond acceptors (Lipinski definition) is 5. The highest BCUT2D eigenvalue weighted by Gasteiger charge is 2.16. The highest BCUT2D eigenvalue weighted by atomic mass is 35.5. The first kappa shape index (κ1) is 14.5. The number of imidazole rings is 1. The van der Waals surface area contributed by atoms with Gasteiger partial charge in [0.25, 0.3) is 11.6 Å². The summed E-state index contributed by atoms with van der Waals surface area (Å²) in [6.07, 6.45) is 3.69. The van der Waals surface area contributed by atoms with Gasteiger partial charge < -0.3 is 5.32 Å². The zero-order valence-electron chi connectivity index (χ0n) is 11.0. The maximum absolute atomic E-state index is 12.0. The first-order valence-electron chi connectivity index (χ1n) is 6.18. The van der Waals surface area contributed by atoms with E-state index in [-0.39, 0.29) is 22.8 Å². The summed E-state index contributed by atoms with van der Waals surface area (Å²) in [6, 6.07) is 3.93. The van der Waals surface area contributed by atoms with Gasteiger partial charge in [-0.15, -0.1) is 11.3 Å². The van der Waals surface area contributed by atoms with Gasteiger partial charge in [0.2, 0.25) is 0 Å². The van der Waals surface area contributed by atoms with Crippen molar-refractivity contribution in [3.8, 4) is 0 Å². The molecule has 0 bridgehead atoms. The van der Waals surface area contributed by atoms with Crippen molar-refractivity contribution in [3.05, 3.63) is 62.4 Å². The second-order valence-corrected chi connectivity index (χ2v) is 5.71. The van der Waals surface area contributed by atoms with Crippen LogP contribution in [0, 0.1) is 10.1 Å². The van der Waals surface area contributed by atoms with Crippen molar-refractivity contribution in [2.45, 2.75) is 6.54 Å². The van der Waals surface area contributed by atoms with Crippen molar-refractivity contribution in [1.82, 2.24) is 14.7 Å². The number of halogens is 1. The highest BCUT2D eigenvalue weighted by molar-refractivity contribution is 7.15. The third kappa shape index (κ3) is 2.78.